The highest BCUT2D eigenvalue weighted by atomic mass is 15.2. The molecule has 0 spiro atoms. The van der Waals surface area contributed by atoms with Crippen molar-refractivity contribution in [2.24, 2.45) is 0 Å². The van der Waals surface area contributed by atoms with Gasteiger partial charge in [-0.15, -0.1) is 0 Å². The summed E-state index contributed by atoms with van der Waals surface area (Å²) < 4.78 is 7.01. The van der Waals surface area contributed by atoms with Gasteiger partial charge in [0.1, 0.15) is 0 Å². The van der Waals surface area contributed by atoms with Crippen LogP contribution in [-0.4, -0.2) is 23.7 Å². The fourth-order valence-corrected chi connectivity index (χ4v) is 9.86. The van der Waals surface area contributed by atoms with E-state index in [2.05, 4.69) is 220 Å². The number of para-hydroxylation sites is 4. The fraction of sp³-hybridized carbons (Fsp3) is 0. The molecule has 0 saturated carbocycles. The van der Waals surface area contributed by atoms with Gasteiger partial charge >= 0.3 is 0 Å². The predicted molar refractivity (Wildman–Crippen MR) is 261 cm³/mol. The first kappa shape index (κ1) is 35.2. The second kappa shape index (κ2) is 14.0. The maximum Gasteiger partial charge on any atom is 0.235 e. The van der Waals surface area contributed by atoms with Crippen molar-refractivity contribution in [2.45, 2.75) is 0 Å². The quantitative estimate of drug-likeness (QED) is 0.168. The predicted octanol–water partition coefficient (Wildman–Crippen LogP) is 14.8. The second-order valence-electron chi connectivity index (χ2n) is 16.2. The van der Waals surface area contributed by atoms with Crippen molar-refractivity contribution in [2.75, 3.05) is 0 Å². The smallest absolute Gasteiger partial charge is 0.235 e. The molecule has 0 atom stereocenters. The molecule has 13 rings (SSSR count). The molecule has 4 heterocycles. The van der Waals surface area contributed by atoms with Crippen molar-refractivity contribution in [3.63, 3.8) is 0 Å². The molecule has 0 N–H and O–H groups in total. The van der Waals surface area contributed by atoms with E-state index in [4.69, 9.17) is 9.97 Å². The summed E-state index contributed by atoms with van der Waals surface area (Å²) in [5.41, 5.74) is 15.7. The maximum atomic E-state index is 5.19. The first-order chi connectivity index (χ1) is 31.2. The number of rotatable bonds is 6. The molecular formula is C58H37N5. The molecule has 63 heavy (non-hydrogen) atoms. The summed E-state index contributed by atoms with van der Waals surface area (Å²) in [7, 11) is 0. The van der Waals surface area contributed by atoms with Crippen LogP contribution in [0.1, 0.15) is 0 Å². The molecular weight excluding hydrogens is 767 g/mol. The van der Waals surface area contributed by atoms with E-state index in [1.165, 1.54) is 43.7 Å². The zero-order valence-corrected chi connectivity index (χ0v) is 34.1. The minimum Gasteiger partial charge on any atom is -0.309 e. The molecule has 5 nitrogen and oxygen atoms in total. The van der Waals surface area contributed by atoms with Crippen molar-refractivity contribution >= 4 is 65.4 Å². The Hall–Kier alpha value is -8.54. The zero-order valence-electron chi connectivity index (χ0n) is 34.1. The molecule has 294 valence electrons. The molecule has 0 amide bonds. The summed E-state index contributed by atoms with van der Waals surface area (Å²) in [5.74, 6) is 0.644. The molecule has 5 heteroatoms. The normalized spacial score (nSPS) is 11.8. The van der Waals surface area contributed by atoms with Crippen LogP contribution in [0.2, 0.25) is 0 Å². The molecule has 0 aliphatic rings. The van der Waals surface area contributed by atoms with E-state index in [0.29, 0.717) is 5.95 Å². The number of aromatic nitrogens is 5. The number of benzene rings is 9. The maximum absolute atomic E-state index is 5.19. The van der Waals surface area contributed by atoms with Gasteiger partial charge < -0.3 is 9.13 Å². The van der Waals surface area contributed by atoms with Gasteiger partial charge in [-0.25, -0.2) is 9.97 Å². The number of fused-ring (bicyclic) bond motifs is 9. The van der Waals surface area contributed by atoms with Crippen LogP contribution < -0.4 is 0 Å². The lowest BCUT2D eigenvalue weighted by atomic mass is 10.0. The van der Waals surface area contributed by atoms with Crippen LogP contribution in [0.15, 0.2) is 225 Å². The van der Waals surface area contributed by atoms with Gasteiger partial charge in [-0.1, -0.05) is 140 Å². The van der Waals surface area contributed by atoms with Crippen molar-refractivity contribution in [3.05, 3.63) is 225 Å². The van der Waals surface area contributed by atoms with Gasteiger partial charge in [-0.3, -0.25) is 4.57 Å². The molecule has 4 aromatic heterocycles. The summed E-state index contributed by atoms with van der Waals surface area (Å²) in [5, 5.41) is 7.26. The van der Waals surface area contributed by atoms with E-state index in [1.54, 1.807) is 0 Å². The highest BCUT2D eigenvalue weighted by Crippen LogP contribution is 2.40. The van der Waals surface area contributed by atoms with Gasteiger partial charge in [-0.05, 0) is 101 Å². The summed E-state index contributed by atoms with van der Waals surface area (Å²) in [6.45, 7) is 0. The average molecular weight is 804 g/mol. The lowest BCUT2D eigenvalue weighted by Crippen LogP contribution is -2.01. The molecule has 0 aliphatic carbocycles. The molecule has 13 aromatic rings. The van der Waals surface area contributed by atoms with Crippen molar-refractivity contribution in [1.29, 1.82) is 0 Å². The van der Waals surface area contributed by atoms with E-state index in [1.807, 2.05) is 18.3 Å². The Morgan fingerprint density at radius 3 is 1.54 bits per heavy atom. The van der Waals surface area contributed by atoms with Gasteiger partial charge in [0.2, 0.25) is 5.95 Å². The van der Waals surface area contributed by atoms with Gasteiger partial charge in [-0.2, -0.15) is 0 Å². The Kier molecular flexibility index (Phi) is 7.84. The third-order valence-electron chi connectivity index (χ3n) is 12.7. The van der Waals surface area contributed by atoms with Crippen molar-refractivity contribution in [1.82, 2.24) is 23.7 Å². The Balaban J connectivity index is 0.956. The Morgan fingerprint density at radius 1 is 0.270 bits per heavy atom. The molecule has 0 aliphatic heterocycles. The average Bonchev–Trinajstić information content (AvgIpc) is 3.99. The monoisotopic (exact) mass is 803 g/mol. The standard InChI is InChI=1S/C58H37N5/c1-3-14-38(15-4-1)39-16-13-17-42(34-39)51-32-33-59-58(60-51)63-54-25-12-9-22-47(54)49-35-40(27-30-56(49)63)41-26-29-48-50-37-44(28-31-55(50)61(57(48)36-41)43-18-5-2-6-19-43)62-52-23-10-7-20-45(52)46-21-8-11-24-53(46)62/h1-37H. The third kappa shape index (κ3) is 5.57. The molecule has 0 unspecified atom stereocenters. The van der Waals surface area contributed by atoms with Crippen molar-refractivity contribution < 1.29 is 0 Å². The molecule has 0 radical (unpaired) electrons. The van der Waals surface area contributed by atoms with E-state index in [9.17, 15) is 0 Å². The van der Waals surface area contributed by atoms with Crippen LogP contribution in [0.5, 0.6) is 0 Å². The Bertz CT molecular complexity index is 3860. The highest BCUT2D eigenvalue weighted by molar-refractivity contribution is 6.14. The lowest BCUT2D eigenvalue weighted by Gasteiger charge is -2.11. The molecule has 9 aromatic carbocycles. The van der Waals surface area contributed by atoms with Crippen LogP contribution in [0.4, 0.5) is 0 Å². The van der Waals surface area contributed by atoms with E-state index in [-0.39, 0.29) is 0 Å². The zero-order chi connectivity index (χ0) is 41.4. The van der Waals surface area contributed by atoms with Gasteiger partial charge in [0.15, 0.2) is 0 Å². The molecule has 0 saturated heterocycles. The van der Waals surface area contributed by atoms with Crippen LogP contribution in [0.3, 0.4) is 0 Å². The number of hydrogen-bond acceptors (Lipinski definition) is 2. The first-order valence-corrected chi connectivity index (χ1v) is 21.4. The van der Waals surface area contributed by atoms with Gasteiger partial charge in [0.25, 0.3) is 0 Å². The number of hydrogen-bond donors (Lipinski definition) is 0. The Labute approximate surface area is 363 Å². The fourth-order valence-electron chi connectivity index (χ4n) is 9.86. The summed E-state index contributed by atoms with van der Waals surface area (Å²) >= 11 is 0. The van der Waals surface area contributed by atoms with Gasteiger partial charge in [0.05, 0.1) is 38.8 Å². The van der Waals surface area contributed by atoms with Crippen LogP contribution in [-0.2, 0) is 0 Å². The minimum absolute atomic E-state index is 0.644. The molecule has 0 bridgehead atoms. The van der Waals surface area contributed by atoms with Crippen LogP contribution >= 0.6 is 0 Å². The third-order valence-corrected chi connectivity index (χ3v) is 12.7. The van der Waals surface area contributed by atoms with Crippen molar-refractivity contribution in [3.8, 4) is 50.8 Å². The van der Waals surface area contributed by atoms with Crippen LogP contribution in [0, 0.1) is 0 Å². The number of nitrogens with zero attached hydrogens (tertiary/aromatic N) is 5. The topological polar surface area (TPSA) is 40.6 Å². The minimum atomic E-state index is 0.644. The van der Waals surface area contributed by atoms with E-state index < -0.39 is 0 Å². The Morgan fingerprint density at radius 2 is 0.778 bits per heavy atom. The summed E-state index contributed by atoms with van der Waals surface area (Å²) in [6, 6.07) is 78.4. The second-order valence-corrected chi connectivity index (χ2v) is 16.2. The summed E-state index contributed by atoms with van der Waals surface area (Å²) in [4.78, 5) is 10.1. The highest BCUT2D eigenvalue weighted by Gasteiger charge is 2.19. The van der Waals surface area contributed by atoms with Gasteiger partial charge in [0, 0.05) is 55.5 Å². The van der Waals surface area contributed by atoms with E-state index in [0.717, 1.165) is 66.6 Å². The molecule has 0 fully saturated rings. The largest absolute Gasteiger partial charge is 0.309 e. The lowest BCUT2D eigenvalue weighted by molar-refractivity contribution is 0.992. The SMILES string of the molecule is c1ccc(-c2cccc(-c3ccnc(-n4c5ccccc5c5cc(-c6ccc7c8cc(-n9c%10ccccc%10c%10ccccc%109)ccc8n(-c8ccccc8)c7c6)ccc54)n3)c2)cc1. The van der Waals surface area contributed by atoms with E-state index >= 15 is 0 Å². The summed E-state index contributed by atoms with van der Waals surface area (Å²) in [6.07, 6.45) is 1.87. The first-order valence-electron chi connectivity index (χ1n) is 21.4. The van der Waals surface area contributed by atoms with Crippen LogP contribution in [0.25, 0.3) is 116 Å².